The molecule has 0 aromatic carbocycles. The molecule has 0 atom stereocenters. The van der Waals surface area contributed by atoms with E-state index in [1.54, 1.807) is 24.6 Å². The van der Waals surface area contributed by atoms with Gasteiger partial charge in [0.1, 0.15) is 11.8 Å². The third-order valence-electron chi connectivity index (χ3n) is 5.58. The van der Waals surface area contributed by atoms with Crippen molar-refractivity contribution >= 4 is 28.8 Å². The van der Waals surface area contributed by atoms with Crippen LogP contribution in [0.4, 0.5) is 10.5 Å². The number of hydrogen-bond acceptors (Lipinski definition) is 6. The molecule has 1 saturated carbocycles. The number of methoxy groups -OCH3 is 1. The number of ether oxygens (including phenoxy) is 2. The van der Waals surface area contributed by atoms with Gasteiger partial charge in [-0.15, -0.1) is 11.3 Å². The standard InChI is InChI=1S/C21H25N3O4S/c1-13-19(16-9-11-29-18(16)12-24(13)21(25)26)23-17-4-3-10-22-20(17)28-15-7-5-14(27-2)6-8-15/h3-4,9-11,14-15,23H,5-8,12H2,1-2H3,(H,25,26). The molecule has 1 aliphatic heterocycles. The summed E-state index contributed by atoms with van der Waals surface area (Å²) < 4.78 is 11.7. The highest BCUT2D eigenvalue weighted by Gasteiger charge is 2.28. The lowest BCUT2D eigenvalue weighted by atomic mass is 9.95. The van der Waals surface area contributed by atoms with Gasteiger partial charge < -0.3 is 19.9 Å². The number of aromatic nitrogens is 1. The Labute approximate surface area is 174 Å². The van der Waals surface area contributed by atoms with E-state index in [4.69, 9.17) is 9.47 Å². The van der Waals surface area contributed by atoms with Crippen molar-refractivity contribution in [1.82, 2.24) is 9.88 Å². The molecule has 2 aromatic rings. The summed E-state index contributed by atoms with van der Waals surface area (Å²) in [5.41, 5.74) is 3.20. The van der Waals surface area contributed by atoms with E-state index in [0.717, 1.165) is 47.5 Å². The van der Waals surface area contributed by atoms with Crippen LogP contribution in [0.15, 0.2) is 35.5 Å². The largest absolute Gasteiger partial charge is 0.473 e. The number of allylic oxidation sites excluding steroid dienone is 1. The average molecular weight is 416 g/mol. The number of carbonyl (C=O) groups is 1. The number of nitrogens with one attached hydrogen (secondary N) is 1. The van der Waals surface area contributed by atoms with Crippen LogP contribution in [-0.4, -0.2) is 40.4 Å². The van der Waals surface area contributed by atoms with E-state index in [-0.39, 0.29) is 6.10 Å². The Morgan fingerprint density at radius 3 is 2.76 bits per heavy atom. The summed E-state index contributed by atoms with van der Waals surface area (Å²) in [6.45, 7) is 2.19. The molecule has 1 aliphatic carbocycles. The normalized spacial score (nSPS) is 21.7. The second-order valence-electron chi connectivity index (χ2n) is 7.32. The Bertz CT molecular complexity index is 918. The molecule has 1 amide bonds. The first-order valence-corrected chi connectivity index (χ1v) is 10.6. The van der Waals surface area contributed by atoms with Gasteiger partial charge in [-0.2, -0.15) is 0 Å². The zero-order valence-corrected chi connectivity index (χ0v) is 17.4. The number of anilines is 1. The van der Waals surface area contributed by atoms with Crippen molar-refractivity contribution < 1.29 is 19.4 Å². The van der Waals surface area contributed by atoms with Gasteiger partial charge >= 0.3 is 6.09 Å². The molecular formula is C21H25N3O4S. The van der Waals surface area contributed by atoms with Crippen LogP contribution in [-0.2, 0) is 11.3 Å². The van der Waals surface area contributed by atoms with E-state index in [9.17, 15) is 9.90 Å². The molecule has 154 valence electrons. The van der Waals surface area contributed by atoms with Gasteiger partial charge in [-0.25, -0.2) is 9.78 Å². The lowest BCUT2D eigenvalue weighted by Crippen LogP contribution is -2.32. The van der Waals surface area contributed by atoms with Crippen LogP contribution in [0.1, 0.15) is 43.0 Å². The Morgan fingerprint density at radius 1 is 1.28 bits per heavy atom. The lowest BCUT2D eigenvalue weighted by Gasteiger charge is -2.30. The Kier molecular flexibility index (Phi) is 5.73. The molecule has 2 aromatic heterocycles. The second-order valence-corrected chi connectivity index (χ2v) is 8.32. The van der Waals surface area contributed by atoms with Crippen molar-refractivity contribution in [2.75, 3.05) is 12.4 Å². The number of thiophene rings is 1. The van der Waals surface area contributed by atoms with Gasteiger partial charge in [0.15, 0.2) is 0 Å². The predicted molar refractivity (Wildman–Crippen MR) is 112 cm³/mol. The maximum Gasteiger partial charge on any atom is 0.411 e. The molecule has 0 bridgehead atoms. The Balaban J connectivity index is 1.58. The predicted octanol–water partition coefficient (Wildman–Crippen LogP) is 4.77. The number of hydrogen-bond donors (Lipinski definition) is 2. The van der Waals surface area contributed by atoms with E-state index in [1.807, 2.05) is 30.5 Å². The molecule has 3 heterocycles. The van der Waals surface area contributed by atoms with Gasteiger partial charge in [-0.3, -0.25) is 4.90 Å². The summed E-state index contributed by atoms with van der Waals surface area (Å²) in [6.07, 6.45) is 4.98. The molecule has 1 fully saturated rings. The smallest absolute Gasteiger partial charge is 0.411 e. The van der Waals surface area contributed by atoms with Crippen LogP contribution in [0.25, 0.3) is 5.70 Å². The topological polar surface area (TPSA) is 83.9 Å². The Morgan fingerprint density at radius 2 is 2.03 bits per heavy atom. The van der Waals surface area contributed by atoms with Crippen LogP contribution in [0.2, 0.25) is 0 Å². The summed E-state index contributed by atoms with van der Waals surface area (Å²) in [4.78, 5) is 18.5. The molecular weight excluding hydrogens is 390 g/mol. The van der Waals surface area contributed by atoms with Crippen molar-refractivity contribution in [3.63, 3.8) is 0 Å². The fourth-order valence-corrected chi connectivity index (χ4v) is 4.77. The minimum atomic E-state index is -0.960. The first-order chi connectivity index (χ1) is 14.1. The van der Waals surface area contributed by atoms with Gasteiger partial charge in [0.2, 0.25) is 5.88 Å². The van der Waals surface area contributed by atoms with Gasteiger partial charge in [0.25, 0.3) is 0 Å². The van der Waals surface area contributed by atoms with Crippen LogP contribution in [0, 0.1) is 0 Å². The summed E-state index contributed by atoms with van der Waals surface area (Å²) in [6, 6.07) is 5.78. The fraction of sp³-hybridized carbons (Fsp3) is 0.429. The number of rotatable bonds is 5. The van der Waals surface area contributed by atoms with Crippen LogP contribution in [0.5, 0.6) is 5.88 Å². The van der Waals surface area contributed by atoms with E-state index in [2.05, 4.69) is 10.3 Å². The zero-order valence-electron chi connectivity index (χ0n) is 16.6. The van der Waals surface area contributed by atoms with E-state index in [1.165, 1.54) is 4.90 Å². The fourth-order valence-electron chi connectivity index (χ4n) is 3.90. The molecule has 2 N–H and O–H groups in total. The third kappa shape index (κ3) is 4.09. The van der Waals surface area contributed by atoms with Crippen LogP contribution < -0.4 is 10.1 Å². The van der Waals surface area contributed by atoms with E-state index in [0.29, 0.717) is 24.2 Å². The lowest BCUT2D eigenvalue weighted by molar-refractivity contribution is 0.0317. The third-order valence-corrected chi connectivity index (χ3v) is 6.48. The van der Waals surface area contributed by atoms with E-state index < -0.39 is 6.09 Å². The molecule has 8 heteroatoms. The molecule has 0 radical (unpaired) electrons. The number of nitrogens with zero attached hydrogens (tertiary/aromatic N) is 2. The maximum absolute atomic E-state index is 11.7. The first kappa shape index (κ1) is 19.7. The summed E-state index contributed by atoms with van der Waals surface area (Å²) in [7, 11) is 1.76. The molecule has 0 spiro atoms. The van der Waals surface area contributed by atoms with Gasteiger partial charge in [-0.1, -0.05) is 0 Å². The summed E-state index contributed by atoms with van der Waals surface area (Å²) in [5, 5.41) is 15.0. The minimum absolute atomic E-state index is 0.102. The minimum Gasteiger partial charge on any atom is -0.473 e. The van der Waals surface area contributed by atoms with Gasteiger partial charge in [0.05, 0.1) is 18.3 Å². The van der Waals surface area contributed by atoms with Crippen molar-refractivity contribution in [1.29, 1.82) is 0 Å². The van der Waals surface area contributed by atoms with E-state index >= 15 is 0 Å². The highest BCUT2D eigenvalue weighted by Crippen LogP contribution is 2.37. The highest BCUT2D eigenvalue weighted by molar-refractivity contribution is 7.10. The zero-order chi connectivity index (χ0) is 20.4. The van der Waals surface area contributed by atoms with Crippen molar-refractivity contribution in [2.45, 2.75) is 51.4 Å². The van der Waals surface area contributed by atoms with Crippen molar-refractivity contribution in [3.8, 4) is 5.88 Å². The molecule has 0 saturated heterocycles. The quantitative estimate of drug-likeness (QED) is 0.732. The number of carboxylic acid groups (broad SMARTS) is 1. The molecule has 4 rings (SSSR count). The maximum atomic E-state index is 11.7. The first-order valence-electron chi connectivity index (χ1n) is 9.76. The second kappa shape index (κ2) is 8.42. The van der Waals surface area contributed by atoms with Crippen molar-refractivity contribution in [3.05, 3.63) is 45.9 Å². The Hall–Kier alpha value is -2.58. The van der Waals surface area contributed by atoms with Gasteiger partial charge in [-0.05, 0) is 56.2 Å². The molecule has 29 heavy (non-hydrogen) atoms. The number of amides is 1. The summed E-state index contributed by atoms with van der Waals surface area (Å²) >= 11 is 1.56. The van der Waals surface area contributed by atoms with Crippen LogP contribution in [0.3, 0.4) is 0 Å². The van der Waals surface area contributed by atoms with Crippen molar-refractivity contribution in [2.24, 2.45) is 0 Å². The molecule has 2 aliphatic rings. The number of pyridine rings is 1. The van der Waals surface area contributed by atoms with Crippen LogP contribution >= 0.6 is 11.3 Å². The summed E-state index contributed by atoms with van der Waals surface area (Å²) in [5.74, 6) is 0.540. The molecule has 7 nitrogen and oxygen atoms in total. The average Bonchev–Trinajstić information content (AvgIpc) is 3.20. The SMILES string of the molecule is COC1CCC(Oc2ncccc2NC2=C(C)N(C(=O)O)Cc3sccc32)CC1. The van der Waals surface area contributed by atoms with Gasteiger partial charge in [0, 0.05) is 29.4 Å². The number of fused-ring (bicyclic) bond motifs is 1. The molecule has 0 unspecified atom stereocenters. The highest BCUT2D eigenvalue weighted by atomic mass is 32.1. The monoisotopic (exact) mass is 415 g/mol.